The van der Waals surface area contributed by atoms with Crippen LogP contribution in [0.2, 0.25) is 0 Å². The molecule has 0 radical (unpaired) electrons. The zero-order valence-corrected chi connectivity index (χ0v) is 35.2. The standard InChI is InChI=1S/C14H12FNO4.C13H9ClFNO3.C13H10FNO4.Cl2OS/c1-2-20-11-7-8-16(13(17)12(11)14(18)19)10-5-3-9(15)4-6-10;1-19-10-6-7-16(13(18)11(10)12(14)17)9-4-2-8(15)3-5-9;1-19-10-6-7-15(12(16)11(10)13(17)18)9-4-2-8(14)3-5-9;1-4(2)3/h3-8H,2H2,1H3,(H,18,19);2-7H,1H3;2-7H,1H3,(H,17,18);. The van der Waals surface area contributed by atoms with E-state index in [9.17, 15) is 41.9 Å². The van der Waals surface area contributed by atoms with Gasteiger partial charge in [-0.2, -0.15) is 0 Å². The molecule has 6 aromatic rings. The number of nitrogens with zero attached hydrogens (tertiary/aromatic N) is 3. The van der Waals surface area contributed by atoms with Crippen molar-refractivity contribution in [1.29, 1.82) is 0 Å². The first-order valence-corrected chi connectivity index (χ1v) is 20.2. The molecule has 0 spiro atoms. The fourth-order valence-corrected chi connectivity index (χ4v) is 5.34. The number of carboxylic acids is 2. The average Bonchev–Trinajstić information content (AvgIpc) is 3.22. The molecular formula is C40H31Cl3F3N3O12S. The largest absolute Gasteiger partial charge is 0.496 e. The summed E-state index contributed by atoms with van der Waals surface area (Å²) in [6.45, 7) is 1.94. The van der Waals surface area contributed by atoms with Crippen LogP contribution in [0.5, 0.6) is 17.2 Å². The van der Waals surface area contributed by atoms with Gasteiger partial charge in [-0.15, -0.1) is 0 Å². The molecule has 3 aromatic heterocycles. The number of carbonyl (C=O) groups is 3. The van der Waals surface area contributed by atoms with Gasteiger partial charge in [0.2, 0.25) is 9.23 Å². The Morgan fingerprint density at radius 3 is 1.11 bits per heavy atom. The summed E-state index contributed by atoms with van der Waals surface area (Å²) in [5.74, 6) is -3.94. The molecule has 326 valence electrons. The van der Waals surface area contributed by atoms with Crippen molar-refractivity contribution in [2.24, 2.45) is 0 Å². The normalized spacial score (nSPS) is 10.2. The van der Waals surface area contributed by atoms with Gasteiger partial charge in [0.05, 0.1) is 20.8 Å². The van der Waals surface area contributed by atoms with E-state index in [0.717, 1.165) is 9.13 Å². The molecule has 0 saturated carbocycles. The average molecular weight is 941 g/mol. The number of aromatic nitrogens is 3. The Kier molecular flexibility index (Phi) is 18.7. The Labute approximate surface area is 364 Å². The first-order valence-electron chi connectivity index (χ1n) is 17.0. The minimum absolute atomic E-state index is 0.0170. The Hall–Kier alpha value is -6.67. The third-order valence-electron chi connectivity index (χ3n) is 7.84. The molecule has 15 nitrogen and oxygen atoms in total. The molecule has 62 heavy (non-hydrogen) atoms. The molecule has 0 atom stereocenters. The minimum atomic E-state index is -1.67. The Bertz CT molecular complexity index is 2630. The predicted molar refractivity (Wildman–Crippen MR) is 224 cm³/mol. The van der Waals surface area contributed by atoms with Gasteiger partial charge < -0.3 is 24.4 Å². The third-order valence-corrected chi connectivity index (χ3v) is 8.03. The molecule has 0 aliphatic heterocycles. The highest BCUT2D eigenvalue weighted by molar-refractivity contribution is 8.26. The number of benzene rings is 3. The summed E-state index contributed by atoms with van der Waals surface area (Å²) < 4.78 is 66.0. The van der Waals surface area contributed by atoms with Gasteiger partial charge in [-0.05, 0) is 110 Å². The highest BCUT2D eigenvalue weighted by atomic mass is 36.0. The molecule has 0 saturated heterocycles. The van der Waals surface area contributed by atoms with Crippen molar-refractivity contribution < 1.29 is 56.2 Å². The highest BCUT2D eigenvalue weighted by Crippen LogP contribution is 2.19. The zero-order valence-electron chi connectivity index (χ0n) is 32.1. The van der Waals surface area contributed by atoms with Crippen LogP contribution in [-0.4, -0.2) is 66.1 Å². The zero-order chi connectivity index (χ0) is 46.3. The molecule has 0 unspecified atom stereocenters. The highest BCUT2D eigenvalue weighted by Gasteiger charge is 2.20. The van der Waals surface area contributed by atoms with E-state index >= 15 is 0 Å². The molecule has 0 bridgehead atoms. The minimum Gasteiger partial charge on any atom is -0.496 e. The van der Waals surface area contributed by atoms with Crippen LogP contribution in [0.4, 0.5) is 13.2 Å². The number of hydrogen-bond acceptors (Lipinski definition) is 10. The Morgan fingerprint density at radius 1 is 0.565 bits per heavy atom. The van der Waals surface area contributed by atoms with E-state index in [-0.39, 0.29) is 29.4 Å². The lowest BCUT2D eigenvalue weighted by Crippen LogP contribution is -2.25. The lowest BCUT2D eigenvalue weighted by Gasteiger charge is -2.10. The molecule has 0 aliphatic rings. The number of carbonyl (C=O) groups excluding carboxylic acids is 1. The third kappa shape index (κ3) is 13.2. The van der Waals surface area contributed by atoms with Crippen LogP contribution in [0.3, 0.4) is 0 Å². The van der Waals surface area contributed by atoms with E-state index < -0.39 is 71.7 Å². The number of rotatable bonds is 10. The van der Waals surface area contributed by atoms with Gasteiger partial charge in [-0.3, -0.25) is 32.9 Å². The molecule has 0 amide bonds. The van der Waals surface area contributed by atoms with Gasteiger partial charge in [-0.1, -0.05) is 0 Å². The smallest absolute Gasteiger partial charge is 0.345 e. The second-order valence-electron chi connectivity index (χ2n) is 11.5. The quantitative estimate of drug-likeness (QED) is 0.131. The maximum Gasteiger partial charge on any atom is 0.345 e. The fraction of sp³-hybridized carbons (Fsp3) is 0.100. The topological polar surface area (TPSA) is 202 Å². The van der Waals surface area contributed by atoms with Crippen molar-refractivity contribution in [3.8, 4) is 34.3 Å². The second kappa shape index (κ2) is 23.4. The summed E-state index contributed by atoms with van der Waals surface area (Å²) in [6.07, 6.45) is 4.20. The maximum atomic E-state index is 12.9. The van der Waals surface area contributed by atoms with E-state index in [2.05, 4.69) is 21.4 Å². The van der Waals surface area contributed by atoms with E-state index in [1.807, 2.05) is 0 Å². The molecule has 3 heterocycles. The molecule has 6 rings (SSSR count). The van der Waals surface area contributed by atoms with E-state index in [4.69, 9.17) is 40.2 Å². The van der Waals surface area contributed by atoms with Crippen LogP contribution in [0.15, 0.2) is 124 Å². The number of carboxylic acid groups (broad SMARTS) is 2. The van der Waals surface area contributed by atoms with E-state index in [0.29, 0.717) is 17.1 Å². The second-order valence-corrected chi connectivity index (χ2v) is 14.4. The van der Waals surface area contributed by atoms with Crippen molar-refractivity contribution in [1.82, 2.24) is 13.7 Å². The van der Waals surface area contributed by atoms with Crippen LogP contribution in [0, 0.1) is 17.5 Å². The lowest BCUT2D eigenvalue weighted by atomic mass is 10.2. The first-order chi connectivity index (χ1) is 29.4. The summed E-state index contributed by atoms with van der Waals surface area (Å²) in [7, 11) is 9.97. The van der Waals surface area contributed by atoms with E-state index in [1.54, 1.807) is 6.92 Å². The van der Waals surface area contributed by atoms with Crippen molar-refractivity contribution >= 4 is 59.4 Å². The summed E-state index contributed by atoms with van der Waals surface area (Å²) in [6, 6.07) is 19.8. The first kappa shape index (κ1) is 49.7. The lowest BCUT2D eigenvalue weighted by molar-refractivity contribution is 0.0679. The number of ether oxygens (including phenoxy) is 3. The van der Waals surface area contributed by atoms with Gasteiger partial charge in [0.1, 0.15) is 40.3 Å². The number of hydrogen-bond donors (Lipinski definition) is 2. The monoisotopic (exact) mass is 939 g/mol. The van der Waals surface area contributed by atoms with Crippen LogP contribution in [0.1, 0.15) is 38.0 Å². The number of pyridine rings is 3. The molecule has 3 aromatic carbocycles. The van der Waals surface area contributed by atoms with Gasteiger partial charge in [-0.25, -0.2) is 27.0 Å². The van der Waals surface area contributed by atoms with Crippen molar-refractivity contribution in [3.05, 3.63) is 175 Å². The summed E-state index contributed by atoms with van der Waals surface area (Å²) in [4.78, 5) is 70.0. The molecule has 22 heteroatoms. The van der Waals surface area contributed by atoms with Gasteiger partial charge >= 0.3 is 11.9 Å². The van der Waals surface area contributed by atoms with Crippen LogP contribution < -0.4 is 30.9 Å². The van der Waals surface area contributed by atoms with Crippen molar-refractivity contribution in [2.75, 3.05) is 20.8 Å². The maximum absolute atomic E-state index is 12.9. The number of aromatic carboxylic acids is 2. The van der Waals surface area contributed by atoms with Crippen molar-refractivity contribution in [3.63, 3.8) is 0 Å². The SMILES string of the molecule is CCOc1ccn(-c2ccc(F)cc2)c(=O)c1C(=O)O.COc1ccn(-c2ccc(F)cc2)c(=O)c1C(=O)Cl.COc1ccn(-c2ccc(F)cc2)c(=O)c1C(=O)O.O=S(Cl)Cl. The fourth-order valence-electron chi connectivity index (χ4n) is 5.16. The number of methoxy groups -OCH3 is 2. The molecular weight excluding hydrogens is 910 g/mol. The van der Waals surface area contributed by atoms with Crippen LogP contribution in [-0.2, 0) is 9.23 Å². The van der Waals surface area contributed by atoms with Gasteiger partial charge in [0.15, 0.2) is 11.1 Å². The molecule has 0 aliphatic carbocycles. The van der Waals surface area contributed by atoms with Gasteiger partial charge in [0.25, 0.3) is 21.9 Å². The van der Waals surface area contributed by atoms with Crippen LogP contribution >= 0.6 is 33.0 Å². The number of halogens is 6. The summed E-state index contributed by atoms with van der Waals surface area (Å²) in [5, 5.41) is 17.3. The van der Waals surface area contributed by atoms with Gasteiger partial charge in [0, 0.05) is 57.0 Å². The molecule has 0 fully saturated rings. The predicted octanol–water partition coefficient (Wildman–Crippen LogP) is 7.16. The summed E-state index contributed by atoms with van der Waals surface area (Å²) >= 11 is 5.38. The summed E-state index contributed by atoms with van der Waals surface area (Å²) in [5.41, 5.74) is -2.07. The van der Waals surface area contributed by atoms with E-state index in [1.165, 1.54) is 128 Å². The van der Waals surface area contributed by atoms with Crippen LogP contribution in [0.25, 0.3) is 17.1 Å². The Balaban J connectivity index is 0.000000237. The molecule has 2 N–H and O–H groups in total. The van der Waals surface area contributed by atoms with Crippen molar-refractivity contribution in [2.45, 2.75) is 6.92 Å². The Morgan fingerprint density at radius 2 is 0.839 bits per heavy atom.